The Balaban J connectivity index is 1.63. The first-order valence-corrected chi connectivity index (χ1v) is 7.71. The van der Waals surface area contributed by atoms with Crippen LogP contribution in [0.4, 0.5) is 5.69 Å². The van der Waals surface area contributed by atoms with E-state index in [1.165, 1.54) is 6.39 Å². The molecule has 1 saturated heterocycles. The predicted octanol–water partition coefficient (Wildman–Crippen LogP) is 3.61. The second kappa shape index (κ2) is 6.26. The Morgan fingerprint density at radius 3 is 2.62 bits per heavy atom. The Labute approximate surface area is 134 Å². The third kappa shape index (κ3) is 3.18. The highest BCUT2D eigenvalue weighted by Gasteiger charge is 2.20. The van der Waals surface area contributed by atoms with Crippen molar-refractivity contribution in [3.63, 3.8) is 0 Å². The molecule has 0 N–H and O–H groups in total. The first-order valence-electron chi connectivity index (χ1n) is 6.95. The second-order valence-corrected chi connectivity index (χ2v) is 5.98. The van der Waals surface area contributed by atoms with Crippen LogP contribution in [0.2, 0.25) is 10.0 Å². The van der Waals surface area contributed by atoms with Crippen LogP contribution in [0.25, 0.3) is 0 Å². The lowest BCUT2D eigenvalue weighted by Gasteiger charge is -2.36. The molecule has 1 aliphatic heterocycles. The maximum absolute atomic E-state index is 6.29. The van der Waals surface area contributed by atoms with Crippen molar-refractivity contribution in [3.8, 4) is 0 Å². The average Bonchev–Trinajstić information content (AvgIpc) is 2.88. The number of rotatable bonds is 3. The fraction of sp³-hybridized carbons (Fsp3) is 0.400. The summed E-state index contributed by atoms with van der Waals surface area (Å²) in [6.45, 7) is 6.57. The number of piperazine rings is 1. The van der Waals surface area contributed by atoms with Crippen LogP contribution >= 0.6 is 23.2 Å². The lowest BCUT2D eigenvalue weighted by molar-refractivity contribution is 0.246. The Kier molecular flexibility index (Phi) is 4.38. The van der Waals surface area contributed by atoms with Crippen molar-refractivity contribution in [2.24, 2.45) is 0 Å². The van der Waals surface area contributed by atoms with Gasteiger partial charge in [-0.2, -0.15) is 0 Å². The number of nitrogens with zero attached hydrogens (tertiary/aromatic N) is 3. The predicted molar refractivity (Wildman–Crippen MR) is 85.2 cm³/mol. The normalized spacial score (nSPS) is 16.4. The summed E-state index contributed by atoms with van der Waals surface area (Å²) < 4.78 is 5.25. The minimum Gasteiger partial charge on any atom is -0.448 e. The molecule has 0 unspecified atom stereocenters. The van der Waals surface area contributed by atoms with E-state index in [0.29, 0.717) is 10.0 Å². The molecule has 0 atom stereocenters. The molecule has 112 valence electrons. The van der Waals surface area contributed by atoms with Gasteiger partial charge in [0.05, 0.1) is 21.4 Å². The van der Waals surface area contributed by atoms with Crippen LogP contribution in [0.3, 0.4) is 0 Å². The van der Waals surface area contributed by atoms with Gasteiger partial charge in [-0.05, 0) is 19.1 Å². The largest absolute Gasteiger partial charge is 0.448 e. The molecule has 0 aliphatic carbocycles. The van der Waals surface area contributed by atoms with Crippen molar-refractivity contribution < 1.29 is 4.42 Å². The third-order valence-corrected chi connectivity index (χ3v) is 4.67. The van der Waals surface area contributed by atoms with Gasteiger partial charge in [0.15, 0.2) is 6.39 Å². The minimum absolute atomic E-state index is 0.606. The van der Waals surface area contributed by atoms with Crippen molar-refractivity contribution in [1.82, 2.24) is 9.88 Å². The molecule has 0 spiro atoms. The lowest BCUT2D eigenvalue weighted by atomic mass is 10.2. The van der Waals surface area contributed by atoms with Crippen LogP contribution in [0.5, 0.6) is 0 Å². The average molecular weight is 326 g/mol. The molecule has 2 aromatic rings. The zero-order valence-corrected chi connectivity index (χ0v) is 13.4. The number of aromatic nitrogens is 1. The molecule has 1 aromatic heterocycles. The van der Waals surface area contributed by atoms with Gasteiger partial charge in [0.2, 0.25) is 0 Å². The number of benzene rings is 1. The summed E-state index contributed by atoms with van der Waals surface area (Å²) in [6, 6.07) is 5.78. The summed E-state index contributed by atoms with van der Waals surface area (Å²) in [5, 5.41) is 1.25. The van der Waals surface area contributed by atoms with Crippen molar-refractivity contribution >= 4 is 28.9 Å². The van der Waals surface area contributed by atoms with Gasteiger partial charge < -0.3 is 9.32 Å². The van der Waals surface area contributed by atoms with Gasteiger partial charge in [0.1, 0.15) is 5.76 Å². The van der Waals surface area contributed by atoms with Crippen molar-refractivity contribution in [1.29, 1.82) is 0 Å². The minimum atomic E-state index is 0.606. The van der Waals surface area contributed by atoms with Gasteiger partial charge in [0.25, 0.3) is 0 Å². The van der Waals surface area contributed by atoms with E-state index in [9.17, 15) is 0 Å². The van der Waals surface area contributed by atoms with Gasteiger partial charge in [-0.25, -0.2) is 4.98 Å². The summed E-state index contributed by atoms with van der Waals surface area (Å²) >= 11 is 12.4. The van der Waals surface area contributed by atoms with Crippen LogP contribution in [-0.4, -0.2) is 36.1 Å². The smallest absolute Gasteiger partial charge is 0.181 e. The topological polar surface area (TPSA) is 32.5 Å². The number of hydrogen-bond donors (Lipinski definition) is 0. The molecule has 6 heteroatoms. The number of hydrogen-bond acceptors (Lipinski definition) is 4. The molecule has 1 aliphatic rings. The highest BCUT2D eigenvalue weighted by molar-refractivity contribution is 6.43. The lowest BCUT2D eigenvalue weighted by Crippen LogP contribution is -2.46. The van der Waals surface area contributed by atoms with Gasteiger partial charge in [0, 0.05) is 32.7 Å². The summed E-state index contributed by atoms with van der Waals surface area (Å²) in [5.74, 6) is 0.898. The first kappa shape index (κ1) is 14.7. The zero-order valence-electron chi connectivity index (χ0n) is 11.9. The highest BCUT2D eigenvalue weighted by Crippen LogP contribution is 2.32. The number of aryl methyl sites for hydroxylation is 1. The molecule has 0 radical (unpaired) electrons. The van der Waals surface area contributed by atoms with E-state index >= 15 is 0 Å². The monoisotopic (exact) mass is 325 g/mol. The number of anilines is 1. The van der Waals surface area contributed by atoms with Crippen molar-refractivity contribution in [2.45, 2.75) is 13.5 Å². The van der Waals surface area contributed by atoms with E-state index in [4.69, 9.17) is 27.6 Å². The van der Waals surface area contributed by atoms with Crippen LogP contribution in [0, 0.1) is 6.92 Å². The molecule has 1 fully saturated rings. The molecular formula is C15H17Cl2N3O. The molecule has 3 rings (SSSR count). The summed E-state index contributed by atoms with van der Waals surface area (Å²) in [7, 11) is 0. The maximum atomic E-state index is 6.29. The van der Waals surface area contributed by atoms with Crippen molar-refractivity contribution in [3.05, 3.63) is 46.1 Å². The number of halogens is 2. The van der Waals surface area contributed by atoms with Gasteiger partial charge >= 0.3 is 0 Å². The second-order valence-electron chi connectivity index (χ2n) is 5.19. The van der Waals surface area contributed by atoms with E-state index in [-0.39, 0.29) is 0 Å². The van der Waals surface area contributed by atoms with E-state index < -0.39 is 0 Å². The van der Waals surface area contributed by atoms with E-state index in [1.54, 1.807) is 0 Å². The van der Waals surface area contributed by atoms with Gasteiger partial charge in [-0.3, -0.25) is 4.90 Å². The molecule has 0 bridgehead atoms. The molecule has 4 nitrogen and oxygen atoms in total. The van der Waals surface area contributed by atoms with Crippen LogP contribution in [0.1, 0.15) is 11.5 Å². The van der Waals surface area contributed by atoms with Gasteiger partial charge in [-0.15, -0.1) is 0 Å². The first-order chi connectivity index (χ1) is 10.1. The fourth-order valence-corrected chi connectivity index (χ4v) is 2.99. The highest BCUT2D eigenvalue weighted by atomic mass is 35.5. The Hall–Kier alpha value is -1.23. The molecule has 2 heterocycles. The van der Waals surface area contributed by atoms with Crippen LogP contribution in [0.15, 0.2) is 29.0 Å². The quantitative estimate of drug-likeness (QED) is 0.862. The van der Waals surface area contributed by atoms with Crippen LogP contribution in [-0.2, 0) is 6.54 Å². The third-order valence-electron chi connectivity index (χ3n) is 3.86. The van der Waals surface area contributed by atoms with E-state index in [0.717, 1.165) is 49.9 Å². The van der Waals surface area contributed by atoms with E-state index in [1.807, 2.05) is 25.1 Å². The summed E-state index contributed by atoms with van der Waals surface area (Å²) in [4.78, 5) is 8.91. The molecule has 0 amide bonds. The Morgan fingerprint density at radius 2 is 1.95 bits per heavy atom. The maximum Gasteiger partial charge on any atom is 0.181 e. The zero-order chi connectivity index (χ0) is 14.8. The van der Waals surface area contributed by atoms with Crippen molar-refractivity contribution in [2.75, 3.05) is 31.1 Å². The standard InChI is InChI=1S/C15H17Cl2N3O/c1-11-13(18-10-21-11)9-19-5-7-20(8-6-19)14-4-2-3-12(16)15(14)17/h2-4,10H,5-9H2,1H3. The van der Waals surface area contributed by atoms with Gasteiger partial charge in [-0.1, -0.05) is 29.3 Å². The molecule has 0 saturated carbocycles. The molecular weight excluding hydrogens is 309 g/mol. The number of oxazole rings is 1. The van der Waals surface area contributed by atoms with E-state index in [2.05, 4.69) is 14.8 Å². The Bertz CT molecular complexity index is 621. The molecule has 1 aromatic carbocycles. The molecule has 21 heavy (non-hydrogen) atoms. The SMILES string of the molecule is Cc1ocnc1CN1CCN(c2cccc(Cl)c2Cl)CC1. The van der Waals surface area contributed by atoms with Crippen LogP contribution < -0.4 is 4.90 Å². The fourth-order valence-electron chi connectivity index (χ4n) is 2.58. The summed E-state index contributed by atoms with van der Waals surface area (Å²) in [5.41, 5.74) is 2.03. The Morgan fingerprint density at radius 1 is 1.19 bits per heavy atom. The summed E-state index contributed by atoms with van der Waals surface area (Å²) in [6.07, 6.45) is 1.51.